The highest BCUT2D eigenvalue weighted by molar-refractivity contribution is 5.93. The Morgan fingerprint density at radius 1 is 1.10 bits per heavy atom. The molecule has 0 aliphatic heterocycles. The topological polar surface area (TPSA) is 73.2 Å². The number of hydrogen-bond acceptors (Lipinski definition) is 4. The fourth-order valence-corrected chi connectivity index (χ4v) is 4.25. The van der Waals surface area contributed by atoms with Crippen molar-refractivity contribution in [1.29, 1.82) is 0 Å². The second kappa shape index (κ2) is 9.16. The third-order valence-electron chi connectivity index (χ3n) is 5.80. The third kappa shape index (κ3) is 4.68. The molecule has 160 valence electrons. The van der Waals surface area contributed by atoms with E-state index in [9.17, 15) is 9.59 Å². The van der Waals surface area contributed by atoms with Gasteiger partial charge in [-0.2, -0.15) is 5.10 Å². The van der Waals surface area contributed by atoms with Crippen LogP contribution in [0.25, 0.3) is 0 Å². The van der Waals surface area contributed by atoms with Crippen LogP contribution in [0.15, 0.2) is 54.6 Å². The Hall–Kier alpha value is -3.41. The maximum absolute atomic E-state index is 12.7. The van der Waals surface area contributed by atoms with E-state index in [1.165, 1.54) is 5.56 Å². The smallest absolute Gasteiger partial charge is 0.342 e. The van der Waals surface area contributed by atoms with Gasteiger partial charge in [0, 0.05) is 0 Å². The van der Waals surface area contributed by atoms with Crippen LogP contribution in [-0.2, 0) is 22.5 Å². The number of amides is 1. The molecule has 1 aliphatic rings. The van der Waals surface area contributed by atoms with Crippen molar-refractivity contribution < 1.29 is 14.3 Å². The number of carbonyl (C=O) groups is 2. The van der Waals surface area contributed by atoms with E-state index >= 15 is 0 Å². The van der Waals surface area contributed by atoms with Gasteiger partial charge in [0.2, 0.25) is 0 Å². The number of nitrogens with zero attached hydrogens (tertiary/aromatic N) is 2. The molecule has 0 saturated carbocycles. The van der Waals surface area contributed by atoms with Crippen LogP contribution < -0.4 is 5.32 Å². The molecule has 1 aromatic heterocycles. The summed E-state index contributed by atoms with van der Waals surface area (Å²) < 4.78 is 7.13. The zero-order valence-corrected chi connectivity index (χ0v) is 17.9. The number of ether oxygens (including phenoxy) is 1. The minimum Gasteiger partial charge on any atom is -0.452 e. The molecule has 0 spiro atoms. The fourth-order valence-electron chi connectivity index (χ4n) is 4.25. The maximum atomic E-state index is 12.7. The molecular formula is C25H27N3O3. The van der Waals surface area contributed by atoms with Gasteiger partial charge >= 0.3 is 5.97 Å². The van der Waals surface area contributed by atoms with Gasteiger partial charge in [-0.3, -0.25) is 9.48 Å². The number of hydrogen-bond donors (Lipinski definition) is 1. The molecule has 3 aromatic rings. The van der Waals surface area contributed by atoms with Crippen LogP contribution in [0.1, 0.15) is 57.3 Å². The van der Waals surface area contributed by atoms with Crippen molar-refractivity contribution in [3.05, 3.63) is 88.2 Å². The number of fused-ring (bicyclic) bond motifs is 1. The van der Waals surface area contributed by atoms with Gasteiger partial charge in [-0.05, 0) is 49.8 Å². The predicted molar refractivity (Wildman–Crippen MR) is 118 cm³/mol. The number of rotatable bonds is 6. The van der Waals surface area contributed by atoms with E-state index in [0.717, 1.165) is 36.1 Å². The number of aryl methyl sites for hydroxylation is 2. The maximum Gasteiger partial charge on any atom is 0.342 e. The van der Waals surface area contributed by atoms with Crippen molar-refractivity contribution in [3.8, 4) is 0 Å². The molecule has 0 radical (unpaired) electrons. The number of benzene rings is 2. The van der Waals surface area contributed by atoms with Gasteiger partial charge in [0.1, 0.15) is 5.56 Å². The minimum atomic E-state index is -0.520. The first-order valence-corrected chi connectivity index (χ1v) is 10.6. The summed E-state index contributed by atoms with van der Waals surface area (Å²) >= 11 is 0. The zero-order valence-electron chi connectivity index (χ0n) is 17.9. The molecule has 2 aromatic carbocycles. The lowest BCUT2D eigenvalue weighted by molar-refractivity contribution is -0.125. The molecule has 1 atom stereocenters. The van der Waals surface area contributed by atoms with E-state index in [0.29, 0.717) is 17.8 Å². The first-order chi connectivity index (χ1) is 15.0. The van der Waals surface area contributed by atoms with Crippen molar-refractivity contribution >= 4 is 11.9 Å². The summed E-state index contributed by atoms with van der Waals surface area (Å²) in [6.45, 7) is 3.89. The van der Waals surface area contributed by atoms with Gasteiger partial charge in [-0.1, -0.05) is 54.6 Å². The molecule has 0 unspecified atom stereocenters. The second-order valence-electron chi connectivity index (χ2n) is 7.98. The number of carbonyl (C=O) groups excluding carboxylic acids is 2. The Bertz CT molecular complexity index is 1090. The van der Waals surface area contributed by atoms with Crippen molar-refractivity contribution in [1.82, 2.24) is 15.1 Å². The van der Waals surface area contributed by atoms with Crippen LogP contribution in [0.3, 0.4) is 0 Å². The van der Waals surface area contributed by atoms with Crippen molar-refractivity contribution in [2.75, 3.05) is 6.61 Å². The Labute approximate surface area is 182 Å². The van der Waals surface area contributed by atoms with Crippen LogP contribution in [0.4, 0.5) is 0 Å². The molecule has 6 heteroatoms. The normalized spacial score (nSPS) is 15.2. The predicted octanol–water partition coefficient (Wildman–Crippen LogP) is 3.90. The second-order valence-corrected chi connectivity index (χ2v) is 7.98. The summed E-state index contributed by atoms with van der Waals surface area (Å²) in [7, 11) is 0. The molecular weight excluding hydrogens is 390 g/mol. The number of esters is 1. The van der Waals surface area contributed by atoms with E-state index in [-0.39, 0.29) is 18.6 Å². The average molecular weight is 418 g/mol. The van der Waals surface area contributed by atoms with Crippen molar-refractivity contribution in [2.45, 2.75) is 45.7 Å². The Morgan fingerprint density at radius 2 is 1.84 bits per heavy atom. The van der Waals surface area contributed by atoms with E-state index in [4.69, 9.17) is 4.74 Å². The molecule has 1 N–H and O–H groups in total. The summed E-state index contributed by atoms with van der Waals surface area (Å²) in [4.78, 5) is 25.2. The fraction of sp³-hybridized carbons (Fsp3) is 0.320. The van der Waals surface area contributed by atoms with Crippen LogP contribution in [-0.4, -0.2) is 28.3 Å². The molecule has 31 heavy (non-hydrogen) atoms. The molecule has 0 saturated heterocycles. The monoisotopic (exact) mass is 417 g/mol. The van der Waals surface area contributed by atoms with Crippen LogP contribution in [0, 0.1) is 13.8 Å². The SMILES string of the molecule is Cc1nn(Cc2ccccc2)c(C)c1C(=O)OCC(=O)N[C@@H]1CCCc2ccccc21. The zero-order chi connectivity index (χ0) is 21.8. The number of aromatic nitrogens is 2. The molecule has 1 amide bonds. The molecule has 1 heterocycles. The van der Waals surface area contributed by atoms with Crippen molar-refractivity contribution in [2.24, 2.45) is 0 Å². The molecule has 0 bridgehead atoms. The highest BCUT2D eigenvalue weighted by Crippen LogP contribution is 2.29. The van der Waals surface area contributed by atoms with Crippen LogP contribution in [0.5, 0.6) is 0 Å². The van der Waals surface area contributed by atoms with Crippen LogP contribution >= 0.6 is 0 Å². The summed E-state index contributed by atoms with van der Waals surface area (Å²) in [6, 6.07) is 18.1. The summed E-state index contributed by atoms with van der Waals surface area (Å²) in [5.41, 5.74) is 5.27. The molecule has 0 fully saturated rings. The summed E-state index contributed by atoms with van der Waals surface area (Å²) in [5.74, 6) is -0.810. The largest absolute Gasteiger partial charge is 0.452 e. The quantitative estimate of drug-likeness (QED) is 0.618. The van der Waals surface area contributed by atoms with Gasteiger partial charge in [0.25, 0.3) is 5.91 Å². The van der Waals surface area contributed by atoms with E-state index < -0.39 is 5.97 Å². The third-order valence-corrected chi connectivity index (χ3v) is 5.80. The minimum absolute atomic E-state index is 0.0340. The van der Waals surface area contributed by atoms with Gasteiger partial charge in [0.05, 0.1) is 24.0 Å². The lowest BCUT2D eigenvalue weighted by Crippen LogP contribution is -2.34. The lowest BCUT2D eigenvalue weighted by Gasteiger charge is -2.26. The molecule has 4 rings (SSSR count). The van der Waals surface area contributed by atoms with Gasteiger partial charge in [-0.15, -0.1) is 0 Å². The van der Waals surface area contributed by atoms with Crippen molar-refractivity contribution in [3.63, 3.8) is 0 Å². The Kier molecular flexibility index (Phi) is 6.16. The Balaban J connectivity index is 1.37. The van der Waals surface area contributed by atoms with E-state index in [1.54, 1.807) is 11.6 Å². The lowest BCUT2D eigenvalue weighted by atomic mass is 9.88. The summed E-state index contributed by atoms with van der Waals surface area (Å²) in [6.07, 6.45) is 2.95. The average Bonchev–Trinajstić information content (AvgIpc) is 3.06. The molecule has 6 nitrogen and oxygen atoms in total. The Morgan fingerprint density at radius 3 is 2.65 bits per heavy atom. The highest BCUT2D eigenvalue weighted by Gasteiger charge is 2.24. The van der Waals surface area contributed by atoms with Gasteiger partial charge in [-0.25, -0.2) is 4.79 Å². The number of nitrogens with one attached hydrogen (secondary N) is 1. The van der Waals surface area contributed by atoms with Gasteiger partial charge in [0.15, 0.2) is 6.61 Å². The van der Waals surface area contributed by atoms with Crippen LogP contribution in [0.2, 0.25) is 0 Å². The van der Waals surface area contributed by atoms with E-state index in [1.807, 2.05) is 49.4 Å². The first-order valence-electron chi connectivity index (χ1n) is 10.6. The van der Waals surface area contributed by atoms with Gasteiger partial charge < -0.3 is 10.1 Å². The molecule has 1 aliphatic carbocycles. The van der Waals surface area contributed by atoms with E-state index in [2.05, 4.69) is 22.5 Å². The first kappa shape index (κ1) is 20.8. The summed E-state index contributed by atoms with van der Waals surface area (Å²) in [5, 5.41) is 7.50. The highest BCUT2D eigenvalue weighted by atomic mass is 16.5. The standard InChI is InChI=1S/C25H27N3O3/c1-17-24(18(2)28(27-17)15-19-9-4-3-5-10-19)25(30)31-16-23(29)26-22-14-8-12-20-11-6-7-13-21(20)22/h3-7,9-11,13,22H,8,12,14-16H2,1-2H3,(H,26,29)/t22-/m1/s1.